The van der Waals surface area contributed by atoms with Crippen molar-refractivity contribution < 1.29 is 0 Å². The maximum atomic E-state index is 7.33. The molecule has 0 saturated heterocycles. The summed E-state index contributed by atoms with van der Waals surface area (Å²) in [6.45, 7) is 2.10. The fraction of sp³-hybridized carbons (Fsp3) is 0.0714. The third kappa shape index (κ3) is 2.88. The fourth-order valence-corrected chi connectivity index (χ4v) is 2.40. The molecule has 0 saturated carbocycles. The molecule has 0 unspecified atom stereocenters. The van der Waals surface area contributed by atoms with Crippen LogP contribution in [0.2, 0.25) is 0 Å². The average molecular weight is 242 g/mol. The molecule has 0 aliphatic rings. The Morgan fingerprint density at radius 2 is 1.71 bits per heavy atom. The van der Waals surface area contributed by atoms with Crippen molar-refractivity contribution in [3.63, 3.8) is 0 Å². The van der Waals surface area contributed by atoms with Crippen molar-refractivity contribution in [1.29, 1.82) is 5.41 Å². The largest absolute Gasteiger partial charge is 0.384 e. The van der Waals surface area contributed by atoms with E-state index in [9.17, 15) is 0 Å². The fourth-order valence-electron chi connectivity index (χ4n) is 1.50. The normalized spacial score (nSPS) is 10.2. The minimum Gasteiger partial charge on any atom is -0.384 e. The number of aryl methyl sites for hydroxylation is 1. The van der Waals surface area contributed by atoms with E-state index >= 15 is 0 Å². The van der Waals surface area contributed by atoms with Crippen LogP contribution in [0.25, 0.3) is 0 Å². The Balaban J connectivity index is 2.20. The van der Waals surface area contributed by atoms with Crippen LogP contribution < -0.4 is 5.73 Å². The van der Waals surface area contributed by atoms with Gasteiger partial charge in [-0.1, -0.05) is 42.1 Å². The van der Waals surface area contributed by atoms with Gasteiger partial charge in [-0.05, 0) is 30.7 Å². The van der Waals surface area contributed by atoms with Crippen molar-refractivity contribution in [2.24, 2.45) is 5.73 Å². The standard InChI is InChI=1S/C14H14N2S/c1-10-4-2-3-5-13(10)17-12-8-6-11(7-9-12)14(15)16/h2-9H,1H3,(H3,15,16). The van der Waals surface area contributed by atoms with Crippen LogP contribution in [-0.2, 0) is 0 Å². The molecular weight excluding hydrogens is 228 g/mol. The van der Waals surface area contributed by atoms with Gasteiger partial charge in [0.2, 0.25) is 0 Å². The molecule has 3 N–H and O–H groups in total. The van der Waals surface area contributed by atoms with Gasteiger partial charge in [-0.15, -0.1) is 0 Å². The molecule has 0 spiro atoms. The third-order valence-corrected chi connectivity index (χ3v) is 3.67. The number of amidine groups is 1. The molecule has 0 atom stereocenters. The lowest BCUT2D eigenvalue weighted by Gasteiger charge is -2.05. The quantitative estimate of drug-likeness (QED) is 0.640. The predicted molar refractivity (Wildman–Crippen MR) is 72.8 cm³/mol. The van der Waals surface area contributed by atoms with Gasteiger partial charge in [-0.3, -0.25) is 5.41 Å². The zero-order chi connectivity index (χ0) is 12.3. The number of nitrogen functional groups attached to an aromatic ring is 1. The molecular formula is C14H14N2S. The van der Waals surface area contributed by atoms with E-state index in [4.69, 9.17) is 11.1 Å². The van der Waals surface area contributed by atoms with Crippen LogP contribution in [0.1, 0.15) is 11.1 Å². The highest BCUT2D eigenvalue weighted by Crippen LogP contribution is 2.29. The lowest BCUT2D eigenvalue weighted by atomic mass is 10.2. The number of benzene rings is 2. The number of hydrogen-bond acceptors (Lipinski definition) is 2. The summed E-state index contributed by atoms with van der Waals surface area (Å²) in [7, 11) is 0. The van der Waals surface area contributed by atoms with Gasteiger partial charge in [0.25, 0.3) is 0 Å². The zero-order valence-electron chi connectivity index (χ0n) is 9.60. The molecule has 0 radical (unpaired) electrons. The van der Waals surface area contributed by atoms with E-state index in [2.05, 4.69) is 19.1 Å². The first-order valence-corrected chi connectivity index (χ1v) is 6.16. The van der Waals surface area contributed by atoms with E-state index in [1.165, 1.54) is 10.5 Å². The van der Waals surface area contributed by atoms with Crippen molar-refractivity contribution in [2.45, 2.75) is 16.7 Å². The summed E-state index contributed by atoms with van der Waals surface area (Å²) in [5.41, 5.74) is 7.45. The summed E-state index contributed by atoms with van der Waals surface area (Å²) < 4.78 is 0. The smallest absolute Gasteiger partial charge is 0.122 e. The molecule has 0 aromatic heterocycles. The van der Waals surface area contributed by atoms with Gasteiger partial charge >= 0.3 is 0 Å². The molecule has 0 bridgehead atoms. The number of hydrogen-bond donors (Lipinski definition) is 2. The highest BCUT2D eigenvalue weighted by Gasteiger charge is 2.01. The second-order valence-electron chi connectivity index (χ2n) is 3.81. The number of rotatable bonds is 3. The Kier molecular flexibility index (Phi) is 3.49. The van der Waals surface area contributed by atoms with Crippen molar-refractivity contribution >= 4 is 17.6 Å². The molecule has 2 aromatic rings. The van der Waals surface area contributed by atoms with E-state index in [1.807, 2.05) is 36.4 Å². The molecule has 2 aromatic carbocycles. The number of nitrogens with two attached hydrogens (primary N) is 1. The third-order valence-electron chi connectivity index (χ3n) is 2.49. The van der Waals surface area contributed by atoms with Crippen LogP contribution in [0.4, 0.5) is 0 Å². The van der Waals surface area contributed by atoms with E-state index in [0.29, 0.717) is 0 Å². The zero-order valence-corrected chi connectivity index (χ0v) is 10.4. The maximum Gasteiger partial charge on any atom is 0.122 e. The Morgan fingerprint density at radius 3 is 2.29 bits per heavy atom. The minimum absolute atomic E-state index is 0.109. The Bertz CT molecular complexity index is 532. The van der Waals surface area contributed by atoms with Crippen molar-refractivity contribution in [3.05, 3.63) is 59.7 Å². The van der Waals surface area contributed by atoms with Crippen LogP contribution >= 0.6 is 11.8 Å². The molecule has 86 valence electrons. The van der Waals surface area contributed by atoms with Crippen LogP contribution in [-0.4, -0.2) is 5.84 Å². The monoisotopic (exact) mass is 242 g/mol. The SMILES string of the molecule is Cc1ccccc1Sc1ccc(C(=N)N)cc1. The summed E-state index contributed by atoms with van der Waals surface area (Å²) in [6.07, 6.45) is 0. The molecule has 0 heterocycles. The van der Waals surface area contributed by atoms with Gasteiger partial charge in [0.05, 0.1) is 0 Å². The van der Waals surface area contributed by atoms with Gasteiger partial charge in [-0.2, -0.15) is 0 Å². The summed E-state index contributed by atoms with van der Waals surface area (Å²) in [5, 5.41) is 7.33. The highest BCUT2D eigenvalue weighted by molar-refractivity contribution is 7.99. The van der Waals surface area contributed by atoms with Crippen molar-refractivity contribution in [3.8, 4) is 0 Å². The molecule has 0 fully saturated rings. The van der Waals surface area contributed by atoms with Gasteiger partial charge in [0, 0.05) is 15.4 Å². The summed E-state index contributed by atoms with van der Waals surface area (Å²) in [5.74, 6) is 0.109. The van der Waals surface area contributed by atoms with Crippen molar-refractivity contribution in [1.82, 2.24) is 0 Å². The summed E-state index contributed by atoms with van der Waals surface area (Å²) in [4.78, 5) is 2.41. The molecule has 0 aliphatic carbocycles. The highest BCUT2D eigenvalue weighted by atomic mass is 32.2. The second kappa shape index (κ2) is 5.06. The topological polar surface area (TPSA) is 49.9 Å². The van der Waals surface area contributed by atoms with Crippen LogP contribution in [0.3, 0.4) is 0 Å². The Labute approximate surface area is 105 Å². The molecule has 0 amide bonds. The van der Waals surface area contributed by atoms with Crippen LogP contribution in [0.15, 0.2) is 58.3 Å². The molecule has 0 aliphatic heterocycles. The lowest BCUT2D eigenvalue weighted by Crippen LogP contribution is -2.10. The minimum atomic E-state index is 0.109. The van der Waals surface area contributed by atoms with Gasteiger partial charge in [0.1, 0.15) is 5.84 Å². The van der Waals surface area contributed by atoms with Crippen LogP contribution in [0, 0.1) is 12.3 Å². The van der Waals surface area contributed by atoms with Gasteiger partial charge < -0.3 is 5.73 Å². The molecule has 2 nitrogen and oxygen atoms in total. The Hall–Kier alpha value is -1.74. The van der Waals surface area contributed by atoms with E-state index in [1.54, 1.807) is 11.8 Å². The lowest BCUT2D eigenvalue weighted by molar-refractivity contribution is 1.29. The van der Waals surface area contributed by atoms with E-state index in [-0.39, 0.29) is 5.84 Å². The Morgan fingerprint density at radius 1 is 1.06 bits per heavy atom. The first-order valence-electron chi connectivity index (χ1n) is 5.35. The van der Waals surface area contributed by atoms with E-state index in [0.717, 1.165) is 10.5 Å². The average Bonchev–Trinajstić information content (AvgIpc) is 2.33. The summed E-state index contributed by atoms with van der Waals surface area (Å²) in [6, 6.07) is 16.0. The maximum absolute atomic E-state index is 7.33. The van der Waals surface area contributed by atoms with E-state index < -0.39 is 0 Å². The number of nitrogens with one attached hydrogen (secondary N) is 1. The van der Waals surface area contributed by atoms with Crippen molar-refractivity contribution in [2.75, 3.05) is 0 Å². The first-order chi connectivity index (χ1) is 8.16. The molecule has 17 heavy (non-hydrogen) atoms. The molecule has 3 heteroatoms. The second-order valence-corrected chi connectivity index (χ2v) is 4.92. The summed E-state index contributed by atoms with van der Waals surface area (Å²) >= 11 is 1.72. The first kappa shape index (κ1) is 11.7. The van der Waals surface area contributed by atoms with Gasteiger partial charge in [0.15, 0.2) is 0 Å². The van der Waals surface area contributed by atoms with Gasteiger partial charge in [-0.25, -0.2) is 0 Å². The molecule has 2 rings (SSSR count). The predicted octanol–water partition coefficient (Wildman–Crippen LogP) is 3.43. The van der Waals surface area contributed by atoms with Crippen LogP contribution in [0.5, 0.6) is 0 Å².